The van der Waals surface area contributed by atoms with Gasteiger partial charge in [0.1, 0.15) is 11.6 Å². The Morgan fingerprint density at radius 3 is 2.63 bits per heavy atom. The van der Waals surface area contributed by atoms with E-state index < -0.39 is 0 Å². The van der Waals surface area contributed by atoms with E-state index in [1.54, 1.807) is 25.6 Å². The maximum atomic E-state index is 13.1. The first-order chi connectivity index (χ1) is 14.7. The normalized spacial score (nSPS) is 16.8. The van der Waals surface area contributed by atoms with E-state index in [0.717, 1.165) is 54.2 Å². The second-order valence-electron chi connectivity index (χ2n) is 7.45. The van der Waals surface area contributed by atoms with Gasteiger partial charge in [-0.25, -0.2) is 9.97 Å². The molecular weight excluding hydrogens is 376 g/mol. The number of nitrogens with zero attached hydrogens (tertiary/aromatic N) is 3. The van der Waals surface area contributed by atoms with Gasteiger partial charge < -0.3 is 10.1 Å². The first kappa shape index (κ1) is 20.0. The lowest BCUT2D eigenvalue weighted by Gasteiger charge is -2.34. The third-order valence-electron chi connectivity index (χ3n) is 5.41. The lowest BCUT2D eigenvalue weighted by molar-refractivity contribution is -0.122. The predicted molar refractivity (Wildman–Crippen MR) is 117 cm³/mol. The van der Waals surface area contributed by atoms with Crippen LogP contribution in [0.5, 0.6) is 5.75 Å². The quantitative estimate of drug-likeness (QED) is 0.671. The first-order valence-electron chi connectivity index (χ1n) is 10.3. The van der Waals surface area contributed by atoms with Crippen LogP contribution >= 0.6 is 0 Å². The summed E-state index contributed by atoms with van der Waals surface area (Å²) in [7, 11) is 1.66. The highest BCUT2D eigenvalue weighted by molar-refractivity contribution is 5.95. The van der Waals surface area contributed by atoms with Gasteiger partial charge in [-0.3, -0.25) is 9.69 Å². The molecule has 2 aromatic carbocycles. The Balaban J connectivity index is 1.48. The number of nitrogens with one attached hydrogen (secondary N) is 1. The Morgan fingerprint density at radius 1 is 1.07 bits per heavy atom. The summed E-state index contributed by atoms with van der Waals surface area (Å²) in [4.78, 5) is 23.9. The highest BCUT2D eigenvalue weighted by atomic mass is 16.5. The Morgan fingerprint density at radius 2 is 1.83 bits per heavy atom. The molecule has 0 aliphatic carbocycles. The Hall–Kier alpha value is -3.25. The second kappa shape index (κ2) is 9.50. The molecule has 1 fully saturated rings. The number of ether oxygens (including phenoxy) is 1. The molecule has 30 heavy (non-hydrogen) atoms. The van der Waals surface area contributed by atoms with Crippen molar-refractivity contribution >= 4 is 11.6 Å². The highest BCUT2D eigenvalue weighted by Crippen LogP contribution is 2.27. The summed E-state index contributed by atoms with van der Waals surface area (Å²) in [5, 5.41) is 3.11. The first-order valence-corrected chi connectivity index (χ1v) is 10.3. The molecule has 4 rings (SSSR count). The van der Waals surface area contributed by atoms with Crippen LogP contribution in [0, 0.1) is 0 Å². The fourth-order valence-corrected chi connectivity index (χ4v) is 3.88. The molecule has 1 aromatic heterocycles. The van der Waals surface area contributed by atoms with Crippen LogP contribution in [0.4, 0.5) is 5.69 Å². The lowest BCUT2D eigenvalue weighted by atomic mass is 10.0. The van der Waals surface area contributed by atoms with E-state index in [0.29, 0.717) is 6.54 Å². The maximum Gasteiger partial charge on any atom is 0.241 e. The van der Waals surface area contributed by atoms with Gasteiger partial charge >= 0.3 is 0 Å². The minimum absolute atomic E-state index is 0.0217. The average molecular weight is 402 g/mol. The number of anilines is 1. The molecule has 1 amide bonds. The van der Waals surface area contributed by atoms with Gasteiger partial charge in [0.25, 0.3) is 0 Å². The average Bonchev–Trinajstić information content (AvgIpc) is 2.80. The molecule has 0 saturated carbocycles. The summed E-state index contributed by atoms with van der Waals surface area (Å²) in [5.74, 6) is 1.58. The third-order valence-corrected chi connectivity index (χ3v) is 5.41. The molecule has 0 unspecified atom stereocenters. The zero-order chi connectivity index (χ0) is 20.8. The Kier molecular flexibility index (Phi) is 6.35. The van der Waals surface area contributed by atoms with E-state index in [1.165, 1.54) is 0 Å². The molecule has 3 aromatic rings. The molecule has 1 N–H and O–H groups in total. The van der Waals surface area contributed by atoms with Crippen LogP contribution in [0.15, 0.2) is 67.0 Å². The number of hydrogen-bond acceptors (Lipinski definition) is 5. The topological polar surface area (TPSA) is 67.3 Å². The van der Waals surface area contributed by atoms with E-state index in [-0.39, 0.29) is 11.9 Å². The minimum Gasteiger partial charge on any atom is -0.497 e. The number of carbonyl (C=O) groups is 1. The van der Waals surface area contributed by atoms with Gasteiger partial charge in [0.15, 0.2) is 0 Å². The predicted octanol–water partition coefficient (Wildman–Crippen LogP) is 4.15. The molecule has 0 spiro atoms. The summed E-state index contributed by atoms with van der Waals surface area (Å²) in [6.07, 6.45) is 6.46. The van der Waals surface area contributed by atoms with E-state index in [9.17, 15) is 4.79 Å². The van der Waals surface area contributed by atoms with Crippen LogP contribution in [0.3, 0.4) is 0 Å². The molecule has 1 saturated heterocycles. The SMILES string of the molecule is COc1cccc(-c2cccc(NC(=O)[C@@H]3CCCCN3Cc3ncccn3)c2)c1. The van der Waals surface area contributed by atoms with Crippen LogP contribution < -0.4 is 10.1 Å². The number of carbonyl (C=O) groups excluding carboxylic acids is 1. The molecule has 0 bridgehead atoms. The second-order valence-corrected chi connectivity index (χ2v) is 7.45. The summed E-state index contributed by atoms with van der Waals surface area (Å²) in [6, 6.07) is 17.5. The number of piperidine rings is 1. The van der Waals surface area contributed by atoms with E-state index in [2.05, 4.69) is 20.2 Å². The number of benzene rings is 2. The van der Waals surface area contributed by atoms with Crippen LogP contribution in [-0.4, -0.2) is 40.5 Å². The summed E-state index contributed by atoms with van der Waals surface area (Å²) in [5.41, 5.74) is 2.87. The fourth-order valence-electron chi connectivity index (χ4n) is 3.88. The van der Waals surface area contributed by atoms with Crippen LogP contribution in [0.25, 0.3) is 11.1 Å². The molecule has 2 heterocycles. The summed E-state index contributed by atoms with van der Waals surface area (Å²) in [6.45, 7) is 1.46. The molecule has 1 aliphatic heterocycles. The fraction of sp³-hybridized carbons (Fsp3) is 0.292. The number of aromatic nitrogens is 2. The molecular formula is C24H26N4O2. The Labute approximate surface area is 176 Å². The lowest BCUT2D eigenvalue weighted by Crippen LogP contribution is -2.46. The van der Waals surface area contributed by atoms with Gasteiger partial charge in [-0.15, -0.1) is 0 Å². The smallest absolute Gasteiger partial charge is 0.241 e. The van der Waals surface area contributed by atoms with E-state index in [1.807, 2.05) is 48.5 Å². The maximum absolute atomic E-state index is 13.1. The van der Waals surface area contributed by atoms with Gasteiger partial charge in [0.05, 0.1) is 19.7 Å². The molecule has 154 valence electrons. The molecule has 6 nitrogen and oxygen atoms in total. The van der Waals surface area contributed by atoms with Crippen LogP contribution in [-0.2, 0) is 11.3 Å². The van der Waals surface area contributed by atoms with Crippen molar-refractivity contribution in [2.24, 2.45) is 0 Å². The number of likely N-dealkylation sites (tertiary alicyclic amines) is 1. The van der Waals surface area contributed by atoms with Gasteiger partial charge in [0, 0.05) is 18.1 Å². The van der Waals surface area contributed by atoms with Crippen molar-refractivity contribution in [1.82, 2.24) is 14.9 Å². The van der Waals surface area contributed by atoms with Gasteiger partial charge in [-0.2, -0.15) is 0 Å². The summed E-state index contributed by atoms with van der Waals surface area (Å²) < 4.78 is 5.33. The summed E-state index contributed by atoms with van der Waals surface area (Å²) >= 11 is 0. The molecule has 1 atom stereocenters. The monoisotopic (exact) mass is 402 g/mol. The third kappa shape index (κ3) is 4.83. The van der Waals surface area contributed by atoms with Crippen molar-refractivity contribution in [2.45, 2.75) is 31.8 Å². The van der Waals surface area contributed by atoms with Crippen molar-refractivity contribution in [3.05, 3.63) is 72.8 Å². The van der Waals surface area contributed by atoms with E-state index >= 15 is 0 Å². The van der Waals surface area contributed by atoms with Crippen molar-refractivity contribution in [2.75, 3.05) is 19.0 Å². The van der Waals surface area contributed by atoms with Crippen molar-refractivity contribution in [3.63, 3.8) is 0 Å². The highest BCUT2D eigenvalue weighted by Gasteiger charge is 2.29. The molecule has 0 radical (unpaired) electrons. The number of hydrogen-bond donors (Lipinski definition) is 1. The van der Waals surface area contributed by atoms with Crippen LogP contribution in [0.2, 0.25) is 0 Å². The minimum atomic E-state index is -0.178. The van der Waals surface area contributed by atoms with E-state index in [4.69, 9.17) is 4.74 Å². The van der Waals surface area contributed by atoms with Crippen molar-refractivity contribution in [1.29, 1.82) is 0 Å². The van der Waals surface area contributed by atoms with Crippen molar-refractivity contribution in [3.8, 4) is 16.9 Å². The zero-order valence-corrected chi connectivity index (χ0v) is 17.1. The number of rotatable bonds is 6. The van der Waals surface area contributed by atoms with Crippen LogP contribution in [0.1, 0.15) is 25.1 Å². The van der Waals surface area contributed by atoms with Gasteiger partial charge in [0.2, 0.25) is 5.91 Å². The van der Waals surface area contributed by atoms with Gasteiger partial charge in [-0.05, 0) is 60.8 Å². The van der Waals surface area contributed by atoms with Gasteiger partial charge in [-0.1, -0.05) is 30.7 Å². The molecule has 1 aliphatic rings. The number of amides is 1. The standard InChI is InChI=1S/C24H26N4O2/c1-30-21-10-5-8-19(16-21)18-7-4-9-20(15-18)27-24(29)22-11-2-3-14-28(22)17-23-25-12-6-13-26-23/h4-10,12-13,15-16,22H,2-3,11,14,17H2,1H3,(H,27,29)/t22-/m0/s1. The zero-order valence-electron chi connectivity index (χ0n) is 17.1. The van der Waals surface area contributed by atoms with Crippen molar-refractivity contribution < 1.29 is 9.53 Å². The number of methoxy groups -OCH3 is 1. The largest absolute Gasteiger partial charge is 0.497 e. The Bertz CT molecular complexity index is 993. The molecule has 6 heteroatoms.